The van der Waals surface area contributed by atoms with Crippen LogP contribution in [0, 0.1) is 0 Å². The van der Waals surface area contributed by atoms with Crippen molar-refractivity contribution >= 4 is 17.8 Å². The van der Waals surface area contributed by atoms with Crippen LogP contribution in [-0.2, 0) is 14.4 Å². The number of carboxylic acids is 1. The number of carboxylic acid groups (broad SMARTS) is 1. The second-order valence-corrected chi connectivity index (χ2v) is 8.24. The summed E-state index contributed by atoms with van der Waals surface area (Å²) in [5.74, 6) is -2.21. The highest BCUT2D eigenvalue weighted by Gasteiger charge is 2.35. The topological polar surface area (TPSA) is 126 Å². The Balaban J connectivity index is 0.000000163. The summed E-state index contributed by atoms with van der Waals surface area (Å²) in [4.78, 5) is 51.0. The van der Waals surface area contributed by atoms with Gasteiger partial charge in [-0.25, -0.2) is 4.79 Å². The first-order valence-corrected chi connectivity index (χ1v) is 12.4. The molecule has 0 bridgehead atoms. The second-order valence-electron chi connectivity index (χ2n) is 8.24. The summed E-state index contributed by atoms with van der Waals surface area (Å²) in [6, 6.07) is 22.2. The average molecular weight is 524 g/mol. The number of rotatable bonds is 7. The molecule has 0 fully saturated rings. The van der Waals surface area contributed by atoms with Crippen LogP contribution in [0.5, 0.6) is 0 Å². The average Bonchev–Trinajstić information content (AvgIpc) is 3.33. The van der Waals surface area contributed by atoms with E-state index >= 15 is 0 Å². The fraction of sp³-hybridized carbons (Fsp3) is 0.167. The SMILES string of the molecule is CCCCC(C(=O)O)N1C(=O)C=CC1=O.c1ccc(-c2ccccn2)nc1.c1ccc(-c2ccccn2)nc1. The number of aromatic nitrogens is 4. The largest absolute Gasteiger partial charge is 0.480 e. The molecule has 39 heavy (non-hydrogen) atoms. The van der Waals surface area contributed by atoms with Crippen LogP contribution in [0.2, 0.25) is 0 Å². The minimum atomic E-state index is -1.13. The van der Waals surface area contributed by atoms with Crippen molar-refractivity contribution in [2.24, 2.45) is 0 Å². The number of nitrogens with zero attached hydrogens (tertiary/aromatic N) is 5. The van der Waals surface area contributed by atoms with Crippen LogP contribution in [0.25, 0.3) is 22.8 Å². The van der Waals surface area contributed by atoms with Crippen molar-refractivity contribution < 1.29 is 19.5 Å². The third kappa shape index (κ3) is 8.78. The molecule has 1 N–H and O–H groups in total. The number of amides is 2. The zero-order valence-corrected chi connectivity index (χ0v) is 21.5. The maximum Gasteiger partial charge on any atom is 0.326 e. The van der Waals surface area contributed by atoms with Gasteiger partial charge in [0.15, 0.2) is 0 Å². The summed E-state index contributed by atoms with van der Waals surface area (Å²) < 4.78 is 0. The van der Waals surface area contributed by atoms with Crippen LogP contribution >= 0.6 is 0 Å². The molecule has 5 heterocycles. The summed E-state index contributed by atoms with van der Waals surface area (Å²) in [7, 11) is 0. The van der Waals surface area contributed by atoms with Gasteiger partial charge in [0.1, 0.15) is 6.04 Å². The van der Waals surface area contributed by atoms with Crippen molar-refractivity contribution in [1.82, 2.24) is 24.8 Å². The normalized spacial score (nSPS) is 12.6. The highest BCUT2D eigenvalue weighted by molar-refractivity contribution is 6.14. The Kier molecular flexibility index (Phi) is 11.2. The molecule has 1 atom stereocenters. The molecular formula is C30H29N5O4. The number of hydrogen-bond donors (Lipinski definition) is 1. The number of unbranched alkanes of at least 4 members (excludes halogenated alkanes) is 1. The predicted octanol–water partition coefficient (Wildman–Crippen LogP) is 4.84. The molecule has 198 valence electrons. The van der Waals surface area contributed by atoms with E-state index < -0.39 is 23.8 Å². The van der Waals surface area contributed by atoms with Gasteiger partial charge in [-0.2, -0.15) is 0 Å². The number of imide groups is 1. The van der Waals surface area contributed by atoms with Crippen LogP contribution in [0.1, 0.15) is 26.2 Å². The smallest absolute Gasteiger partial charge is 0.326 e. The van der Waals surface area contributed by atoms with Gasteiger partial charge in [-0.1, -0.05) is 44.0 Å². The quantitative estimate of drug-likeness (QED) is 0.341. The van der Waals surface area contributed by atoms with Crippen LogP contribution in [-0.4, -0.2) is 53.8 Å². The predicted molar refractivity (Wildman–Crippen MR) is 147 cm³/mol. The molecule has 4 aromatic rings. The zero-order chi connectivity index (χ0) is 27.9. The summed E-state index contributed by atoms with van der Waals surface area (Å²) in [5.41, 5.74) is 3.66. The molecule has 0 aliphatic carbocycles. The van der Waals surface area contributed by atoms with Gasteiger partial charge in [0.05, 0.1) is 22.8 Å². The standard InChI is InChI=1S/2C10H8N2.C10H13NO4/c2*1-3-7-11-9(5-1)10-6-2-4-8-12-10;1-2-3-4-7(10(14)15)11-8(12)5-6-9(11)13/h2*1-8H;5-7H,2-4H2,1H3,(H,14,15). The second kappa shape index (κ2) is 15.3. The van der Waals surface area contributed by atoms with Gasteiger partial charge in [0, 0.05) is 36.9 Å². The van der Waals surface area contributed by atoms with Crippen molar-refractivity contribution in [2.75, 3.05) is 0 Å². The van der Waals surface area contributed by atoms with E-state index in [1.807, 2.05) is 79.7 Å². The molecule has 4 aromatic heterocycles. The summed E-state index contributed by atoms with van der Waals surface area (Å²) in [6.45, 7) is 1.92. The van der Waals surface area contributed by atoms with Gasteiger partial charge < -0.3 is 5.11 Å². The van der Waals surface area contributed by atoms with Crippen molar-refractivity contribution in [1.29, 1.82) is 0 Å². The maximum atomic E-state index is 11.2. The lowest BCUT2D eigenvalue weighted by Gasteiger charge is -2.21. The number of hydrogen-bond acceptors (Lipinski definition) is 7. The molecule has 0 aromatic carbocycles. The van der Waals surface area contributed by atoms with Gasteiger partial charge in [0.2, 0.25) is 0 Å². The maximum absolute atomic E-state index is 11.2. The van der Waals surface area contributed by atoms with Gasteiger partial charge in [0.25, 0.3) is 11.8 Å². The Morgan fingerprint density at radius 2 is 1.05 bits per heavy atom. The third-order valence-corrected chi connectivity index (χ3v) is 5.46. The molecule has 5 rings (SSSR count). The van der Waals surface area contributed by atoms with Crippen LogP contribution < -0.4 is 0 Å². The molecule has 1 aliphatic heterocycles. The van der Waals surface area contributed by atoms with E-state index in [1.54, 1.807) is 24.8 Å². The van der Waals surface area contributed by atoms with Gasteiger partial charge in [-0.3, -0.25) is 34.4 Å². The Morgan fingerprint density at radius 1 is 0.692 bits per heavy atom. The monoisotopic (exact) mass is 523 g/mol. The summed E-state index contributed by atoms with van der Waals surface area (Å²) in [5, 5.41) is 8.92. The Hall–Kier alpha value is -5.05. The van der Waals surface area contributed by atoms with Crippen molar-refractivity contribution in [2.45, 2.75) is 32.2 Å². The lowest BCUT2D eigenvalue weighted by Crippen LogP contribution is -2.44. The first kappa shape index (κ1) is 28.5. The van der Waals surface area contributed by atoms with Crippen LogP contribution in [0.15, 0.2) is 110 Å². The Labute approximate surface area is 226 Å². The van der Waals surface area contributed by atoms with E-state index in [0.717, 1.165) is 46.2 Å². The van der Waals surface area contributed by atoms with Gasteiger partial charge >= 0.3 is 5.97 Å². The van der Waals surface area contributed by atoms with E-state index in [-0.39, 0.29) is 0 Å². The molecule has 0 saturated carbocycles. The summed E-state index contributed by atoms with van der Waals surface area (Å²) in [6.07, 6.45) is 11.1. The number of carbonyl (C=O) groups is 3. The minimum absolute atomic E-state index is 0.311. The fourth-order valence-electron chi connectivity index (χ4n) is 3.54. The van der Waals surface area contributed by atoms with Crippen molar-refractivity contribution in [3.63, 3.8) is 0 Å². The van der Waals surface area contributed by atoms with Crippen molar-refractivity contribution in [3.8, 4) is 22.8 Å². The first-order chi connectivity index (χ1) is 19.0. The molecule has 9 heteroatoms. The zero-order valence-electron chi connectivity index (χ0n) is 21.5. The lowest BCUT2D eigenvalue weighted by atomic mass is 10.1. The van der Waals surface area contributed by atoms with E-state index in [4.69, 9.17) is 5.11 Å². The van der Waals surface area contributed by atoms with Gasteiger partial charge in [-0.15, -0.1) is 0 Å². The minimum Gasteiger partial charge on any atom is -0.480 e. The molecular weight excluding hydrogens is 494 g/mol. The first-order valence-electron chi connectivity index (χ1n) is 12.4. The fourth-order valence-corrected chi connectivity index (χ4v) is 3.54. The van der Waals surface area contributed by atoms with E-state index in [2.05, 4.69) is 19.9 Å². The van der Waals surface area contributed by atoms with Crippen molar-refractivity contribution in [3.05, 3.63) is 110 Å². The molecule has 0 radical (unpaired) electrons. The molecule has 9 nitrogen and oxygen atoms in total. The van der Waals surface area contributed by atoms with Gasteiger partial charge in [-0.05, 0) is 55.0 Å². The molecule has 1 aliphatic rings. The van der Waals surface area contributed by atoms with E-state index in [1.165, 1.54) is 0 Å². The number of carbonyl (C=O) groups excluding carboxylic acids is 2. The third-order valence-electron chi connectivity index (χ3n) is 5.46. The number of pyridine rings is 4. The molecule has 0 spiro atoms. The van der Waals surface area contributed by atoms with Crippen LogP contribution in [0.3, 0.4) is 0 Å². The van der Waals surface area contributed by atoms with Crippen LogP contribution in [0.4, 0.5) is 0 Å². The molecule has 1 unspecified atom stereocenters. The number of aliphatic carboxylic acids is 1. The lowest BCUT2D eigenvalue weighted by molar-refractivity contribution is -0.153. The Bertz CT molecular complexity index is 1180. The molecule has 2 amide bonds. The highest BCUT2D eigenvalue weighted by atomic mass is 16.4. The Morgan fingerprint density at radius 3 is 1.31 bits per heavy atom. The summed E-state index contributed by atoms with van der Waals surface area (Å²) >= 11 is 0. The highest BCUT2D eigenvalue weighted by Crippen LogP contribution is 2.15. The van der Waals surface area contributed by atoms with E-state index in [9.17, 15) is 14.4 Å². The van der Waals surface area contributed by atoms with E-state index in [0.29, 0.717) is 12.8 Å². The molecule has 0 saturated heterocycles.